The number of likely N-dealkylation sites (tertiary alicyclic amines) is 1. The zero-order valence-electron chi connectivity index (χ0n) is 16.5. The number of rotatable bonds is 6. The Kier molecular flexibility index (Phi) is 10.1. The number of anilines is 1. The number of hydrogen-bond acceptors (Lipinski definition) is 4. The molecule has 2 rings (SSSR count). The van der Waals surface area contributed by atoms with Crippen molar-refractivity contribution in [2.75, 3.05) is 39.7 Å². The average molecular weight is 476 g/mol. The van der Waals surface area contributed by atoms with Gasteiger partial charge in [0.05, 0.1) is 14.2 Å². The lowest BCUT2D eigenvalue weighted by Crippen LogP contribution is -2.49. The molecule has 1 heterocycles. The summed E-state index contributed by atoms with van der Waals surface area (Å²) in [6.45, 7) is 6.65. The van der Waals surface area contributed by atoms with Crippen LogP contribution in [0.3, 0.4) is 0 Å². The van der Waals surface area contributed by atoms with Gasteiger partial charge in [-0.1, -0.05) is 6.42 Å². The minimum absolute atomic E-state index is 0. The molecule has 148 valence electrons. The van der Waals surface area contributed by atoms with Gasteiger partial charge in [0.1, 0.15) is 0 Å². The largest absolute Gasteiger partial charge is 0.493 e. The van der Waals surface area contributed by atoms with Crippen LogP contribution in [0.5, 0.6) is 11.5 Å². The minimum atomic E-state index is 0. The molecular formula is C19H33IN4O2. The Balaban J connectivity index is 0.00000338. The number of aliphatic imine (C=N–C) groups is 1. The summed E-state index contributed by atoms with van der Waals surface area (Å²) in [5, 5.41) is 6.74. The highest BCUT2D eigenvalue weighted by atomic mass is 127. The SMILES string of the molecule is CN=C(NCC(C)N1CCCCC1C)Nc1ccc(OC)c(OC)c1.I. The number of guanidine groups is 1. The number of hydrogen-bond donors (Lipinski definition) is 2. The maximum atomic E-state index is 5.35. The molecule has 26 heavy (non-hydrogen) atoms. The van der Waals surface area contributed by atoms with Gasteiger partial charge in [0.2, 0.25) is 0 Å². The first-order chi connectivity index (χ1) is 12.1. The fraction of sp³-hybridized carbons (Fsp3) is 0.632. The average Bonchev–Trinajstić information content (AvgIpc) is 2.64. The normalized spacial score (nSPS) is 19.3. The van der Waals surface area contributed by atoms with Crippen LogP contribution in [-0.4, -0.2) is 57.3 Å². The van der Waals surface area contributed by atoms with Gasteiger partial charge in [0.25, 0.3) is 0 Å². The molecule has 1 aliphatic heterocycles. The lowest BCUT2D eigenvalue weighted by molar-refractivity contribution is 0.116. The van der Waals surface area contributed by atoms with Crippen LogP contribution in [0.25, 0.3) is 0 Å². The summed E-state index contributed by atoms with van der Waals surface area (Å²) < 4.78 is 10.6. The van der Waals surface area contributed by atoms with Crippen molar-refractivity contribution in [3.05, 3.63) is 18.2 Å². The van der Waals surface area contributed by atoms with Crippen LogP contribution >= 0.6 is 24.0 Å². The van der Waals surface area contributed by atoms with E-state index in [1.165, 1.54) is 25.8 Å². The number of nitrogens with zero attached hydrogens (tertiary/aromatic N) is 2. The van der Waals surface area contributed by atoms with Gasteiger partial charge in [-0.2, -0.15) is 0 Å². The predicted molar refractivity (Wildman–Crippen MR) is 119 cm³/mol. The van der Waals surface area contributed by atoms with E-state index in [0.717, 1.165) is 18.2 Å². The van der Waals surface area contributed by atoms with Gasteiger partial charge in [0.15, 0.2) is 17.5 Å². The van der Waals surface area contributed by atoms with Crippen molar-refractivity contribution in [1.29, 1.82) is 0 Å². The zero-order chi connectivity index (χ0) is 18.2. The first-order valence-electron chi connectivity index (χ1n) is 9.04. The lowest BCUT2D eigenvalue weighted by atomic mass is 10.0. The van der Waals surface area contributed by atoms with Crippen LogP contribution in [0.1, 0.15) is 33.1 Å². The van der Waals surface area contributed by atoms with Crippen LogP contribution < -0.4 is 20.1 Å². The second kappa shape index (κ2) is 11.5. The Hall–Kier alpha value is -1.22. The standard InChI is InChI=1S/C19H32N4O2.HI/c1-14-8-6-7-11-23(14)15(2)13-21-19(20-3)22-16-9-10-17(24-4)18(12-16)25-5;/h9-10,12,14-15H,6-8,11,13H2,1-5H3,(H2,20,21,22);1H. The second-order valence-electron chi connectivity index (χ2n) is 6.58. The fourth-order valence-corrected chi connectivity index (χ4v) is 3.37. The number of ether oxygens (including phenoxy) is 2. The monoisotopic (exact) mass is 476 g/mol. The Morgan fingerprint density at radius 2 is 2.00 bits per heavy atom. The first-order valence-corrected chi connectivity index (χ1v) is 9.04. The third-order valence-corrected chi connectivity index (χ3v) is 4.86. The minimum Gasteiger partial charge on any atom is -0.493 e. The molecule has 0 radical (unpaired) electrons. The summed E-state index contributed by atoms with van der Waals surface area (Å²) in [5.41, 5.74) is 0.907. The fourth-order valence-electron chi connectivity index (χ4n) is 3.37. The Bertz CT molecular complexity index is 583. The molecule has 0 aromatic heterocycles. The highest BCUT2D eigenvalue weighted by Gasteiger charge is 2.23. The van der Waals surface area contributed by atoms with Crippen LogP contribution in [-0.2, 0) is 0 Å². The van der Waals surface area contributed by atoms with Gasteiger partial charge in [-0.15, -0.1) is 24.0 Å². The zero-order valence-corrected chi connectivity index (χ0v) is 18.9. The van der Waals surface area contributed by atoms with Crippen molar-refractivity contribution in [3.8, 4) is 11.5 Å². The number of benzene rings is 1. The number of piperidine rings is 1. The third kappa shape index (κ3) is 6.19. The van der Waals surface area contributed by atoms with Crippen LogP contribution in [0.4, 0.5) is 5.69 Å². The molecule has 1 aromatic rings. The van der Waals surface area contributed by atoms with Crippen molar-refractivity contribution >= 4 is 35.6 Å². The highest BCUT2D eigenvalue weighted by molar-refractivity contribution is 14.0. The van der Waals surface area contributed by atoms with E-state index in [9.17, 15) is 0 Å². The first kappa shape index (κ1) is 22.8. The highest BCUT2D eigenvalue weighted by Crippen LogP contribution is 2.29. The van der Waals surface area contributed by atoms with E-state index in [1.807, 2.05) is 18.2 Å². The number of nitrogens with one attached hydrogen (secondary N) is 2. The molecule has 0 bridgehead atoms. The summed E-state index contributed by atoms with van der Waals surface area (Å²) >= 11 is 0. The van der Waals surface area contributed by atoms with Crippen LogP contribution in [0.2, 0.25) is 0 Å². The molecule has 6 nitrogen and oxygen atoms in total. The Morgan fingerprint density at radius 3 is 2.62 bits per heavy atom. The molecule has 0 amide bonds. The van der Waals surface area contributed by atoms with Crippen LogP contribution in [0, 0.1) is 0 Å². The second-order valence-corrected chi connectivity index (χ2v) is 6.58. The van der Waals surface area contributed by atoms with Gasteiger partial charge in [0, 0.05) is 37.4 Å². The van der Waals surface area contributed by atoms with Crippen molar-refractivity contribution in [2.45, 2.75) is 45.2 Å². The number of halogens is 1. The van der Waals surface area contributed by atoms with Crippen molar-refractivity contribution in [3.63, 3.8) is 0 Å². The third-order valence-electron chi connectivity index (χ3n) is 4.86. The predicted octanol–water partition coefficient (Wildman–Crippen LogP) is 3.57. The van der Waals surface area contributed by atoms with E-state index in [0.29, 0.717) is 23.6 Å². The molecule has 0 spiro atoms. The molecule has 1 saturated heterocycles. The summed E-state index contributed by atoms with van der Waals surface area (Å²) in [5.74, 6) is 2.16. The van der Waals surface area contributed by atoms with Gasteiger partial charge >= 0.3 is 0 Å². The maximum Gasteiger partial charge on any atom is 0.195 e. The quantitative estimate of drug-likeness (QED) is 0.374. The van der Waals surface area contributed by atoms with E-state index >= 15 is 0 Å². The Morgan fingerprint density at radius 1 is 1.27 bits per heavy atom. The van der Waals surface area contributed by atoms with E-state index < -0.39 is 0 Å². The van der Waals surface area contributed by atoms with Crippen LogP contribution in [0.15, 0.2) is 23.2 Å². The maximum absolute atomic E-state index is 5.35. The van der Waals surface area contributed by atoms with E-state index in [2.05, 4.69) is 34.4 Å². The van der Waals surface area contributed by atoms with Gasteiger partial charge in [-0.3, -0.25) is 9.89 Å². The smallest absolute Gasteiger partial charge is 0.195 e. The molecule has 0 aliphatic carbocycles. The van der Waals surface area contributed by atoms with E-state index in [1.54, 1.807) is 21.3 Å². The van der Waals surface area contributed by atoms with Gasteiger partial charge < -0.3 is 20.1 Å². The number of methoxy groups -OCH3 is 2. The molecule has 1 aromatic carbocycles. The Labute approximate surface area is 174 Å². The summed E-state index contributed by atoms with van der Waals surface area (Å²) in [6, 6.07) is 6.86. The van der Waals surface area contributed by atoms with E-state index in [4.69, 9.17) is 9.47 Å². The summed E-state index contributed by atoms with van der Waals surface area (Å²) in [7, 11) is 5.05. The molecular weight excluding hydrogens is 443 g/mol. The molecule has 2 atom stereocenters. The summed E-state index contributed by atoms with van der Waals surface area (Å²) in [4.78, 5) is 6.90. The lowest BCUT2D eigenvalue weighted by Gasteiger charge is -2.38. The topological polar surface area (TPSA) is 58.1 Å². The summed E-state index contributed by atoms with van der Waals surface area (Å²) in [6.07, 6.45) is 3.94. The van der Waals surface area contributed by atoms with Crippen molar-refractivity contribution in [1.82, 2.24) is 10.2 Å². The molecule has 2 unspecified atom stereocenters. The molecule has 1 fully saturated rings. The van der Waals surface area contributed by atoms with Crippen molar-refractivity contribution < 1.29 is 9.47 Å². The van der Waals surface area contributed by atoms with Gasteiger partial charge in [-0.25, -0.2) is 0 Å². The van der Waals surface area contributed by atoms with Gasteiger partial charge in [-0.05, 0) is 45.4 Å². The molecule has 2 N–H and O–H groups in total. The van der Waals surface area contributed by atoms with Crippen molar-refractivity contribution in [2.24, 2.45) is 4.99 Å². The van der Waals surface area contributed by atoms with E-state index in [-0.39, 0.29) is 24.0 Å². The molecule has 1 aliphatic rings. The molecule has 0 saturated carbocycles. The molecule has 7 heteroatoms.